The van der Waals surface area contributed by atoms with Gasteiger partial charge in [-0.2, -0.15) is 0 Å². The molecule has 2 aromatic rings. The number of anilines is 1. The van der Waals surface area contributed by atoms with Crippen molar-refractivity contribution in [2.24, 2.45) is 0 Å². The van der Waals surface area contributed by atoms with E-state index >= 15 is 0 Å². The summed E-state index contributed by atoms with van der Waals surface area (Å²) in [6.07, 6.45) is 1.00. The molecule has 2 heterocycles. The van der Waals surface area contributed by atoms with E-state index in [1.165, 1.54) is 0 Å². The molecule has 1 saturated heterocycles. The van der Waals surface area contributed by atoms with Crippen LogP contribution in [-0.2, 0) is 20.7 Å². The largest absolute Gasteiger partial charge is 0.497 e. The zero-order chi connectivity index (χ0) is 22.1. The molecule has 0 aliphatic carbocycles. The monoisotopic (exact) mass is 430 g/mol. The average Bonchev–Trinajstić information content (AvgIpc) is 3.18. The Morgan fingerprint density at radius 1 is 1.23 bits per heavy atom. The number of amides is 2. The van der Waals surface area contributed by atoms with Crippen LogP contribution in [0.1, 0.15) is 17.7 Å². The van der Waals surface area contributed by atoms with Crippen molar-refractivity contribution < 1.29 is 23.6 Å². The molecule has 168 valence electrons. The average molecular weight is 431 g/mol. The third kappa shape index (κ3) is 7.37. The van der Waals surface area contributed by atoms with E-state index in [4.69, 9.17) is 14.0 Å². The summed E-state index contributed by atoms with van der Waals surface area (Å²) in [7, 11) is 1.60. The van der Waals surface area contributed by atoms with Crippen LogP contribution in [0.2, 0.25) is 0 Å². The molecule has 31 heavy (non-hydrogen) atoms. The smallest absolute Gasteiger partial charge is 0.245 e. The summed E-state index contributed by atoms with van der Waals surface area (Å²) in [6, 6.07) is 9.01. The van der Waals surface area contributed by atoms with Gasteiger partial charge in [0.25, 0.3) is 0 Å². The Balaban J connectivity index is 1.58. The number of carbonyl (C=O) groups is 2. The normalized spacial score (nSPS) is 14.3. The maximum absolute atomic E-state index is 13.0. The van der Waals surface area contributed by atoms with Gasteiger partial charge in [0.1, 0.15) is 11.5 Å². The van der Waals surface area contributed by atoms with E-state index in [2.05, 4.69) is 15.4 Å². The number of benzene rings is 1. The molecule has 1 N–H and O–H groups in total. The number of hydrogen-bond donors (Lipinski definition) is 1. The molecule has 1 fully saturated rings. The first-order valence-electron chi connectivity index (χ1n) is 10.5. The number of aromatic nitrogens is 1. The lowest BCUT2D eigenvalue weighted by atomic mass is 10.1. The van der Waals surface area contributed by atoms with Gasteiger partial charge in [-0.05, 0) is 31.0 Å². The van der Waals surface area contributed by atoms with Crippen molar-refractivity contribution in [2.45, 2.75) is 19.8 Å². The summed E-state index contributed by atoms with van der Waals surface area (Å²) in [5, 5.41) is 6.46. The second-order valence-electron chi connectivity index (χ2n) is 7.52. The third-order valence-electron chi connectivity index (χ3n) is 5.10. The Bertz CT molecular complexity index is 846. The minimum atomic E-state index is -0.303. The maximum atomic E-state index is 13.0. The Kier molecular flexibility index (Phi) is 8.43. The molecular weight excluding hydrogens is 400 g/mol. The third-order valence-corrected chi connectivity index (χ3v) is 5.10. The van der Waals surface area contributed by atoms with Crippen LogP contribution in [0.25, 0.3) is 0 Å². The molecule has 1 aliphatic rings. The molecule has 2 amide bonds. The number of carbonyl (C=O) groups excluding carboxylic acids is 2. The summed E-state index contributed by atoms with van der Waals surface area (Å²) in [4.78, 5) is 29.4. The fraction of sp³-hybridized carbons (Fsp3) is 0.500. The standard InChI is InChI=1S/C22H30N4O5/c1-17-14-20(24-31-17)23-21(27)16-26(9-3-8-25-10-12-30-13-11-25)22(28)15-18-4-6-19(29-2)7-5-18/h4-7,14H,3,8-13,15-16H2,1-2H3,(H,23,24,27). The number of nitrogens with zero attached hydrogens (tertiary/aromatic N) is 3. The van der Waals surface area contributed by atoms with E-state index in [9.17, 15) is 9.59 Å². The zero-order valence-electron chi connectivity index (χ0n) is 18.1. The highest BCUT2D eigenvalue weighted by atomic mass is 16.5. The molecule has 0 atom stereocenters. The molecule has 3 rings (SSSR count). The van der Waals surface area contributed by atoms with E-state index < -0.39 is 0 Å². The van der Waals surface area contributed by atoms with Crippen LogP contribution >= 0.6 is 0 Å². The van der Waals surface area contributed by atoms with Gasteiger partial charge in [0, 0.05) is 32.2 Å². The van der Waals surface area contributed by atoms with Gasteiger partial charge in [-0.25, -0.2) is 0 Å². The first kappa shape index (κ1) is 22.8. The topological polar surface area (TPSA) is 97.1 Å². The number of hydrogen-bond acceptors (Lipinski definition) is 7. The molecule has 1 aromatic carbocycles. The summed E-state index contributed by atoms with van der Waals surface area (Å²) in [6.45, 7) is 6.33. The van der Waals surface area contributed by atoms with Crippen LogP contribution in [0.4, 0.5) is 5.82 Å². The van der Waals surface area contributed by atoms with Gasteiger partial charge in [-0.15, -0.1) is 0 Å². The lowest BCUT2D eigenvalue weighted by Crippen LogP contribution is -2.42. The van der Waals surface area contributed by atoms with Crippen molar-refractivity contribution in [3.05, 3.63) is 41.7 Å². The highest BCUT2D eigenvalue weighted by Gasteiger charge is 2.19. The van der Waals surface area contributed by atoms with E-state index in [1.807, 2.05) is 24.3 Å². The lowest BCUT2D eigenvalue weighted by molar-refractivity contribution is -0.134. The lowest BCUT2D eigenvalue weighted by Gasteiger charge is -2.28. The molecule has 0 bridgehead atoms. The molecule has 9 nitrogen and oxygen atoms in total. The van der Waals surface area contributed by atoms with Gasteiger partial charge in [0.15, 0.2) is 5.82 Å². The van der Waals surface area contributed by atoms with Crippen molar-refractivity contribution in [2.75, 3.05) is 58.4 Å². The zero-order valence-corrected chi connectivity index (χ0v) is 18.1. The second kappa shape index (κ2) is 11.5. The number of aryl methyl sites for hydroxylation is 1. The van der Waals surface area contributed by atoms with E-state index in [0.717, 1.165) is 50.6 Å². The summed E-state index contributed by atoms with van der Waals surface area (Å²) >= 11 is 0. The predicted octanol–water partition coefficient (Wildman–Crippen LogP) is 1.72. The minimum absolute atomic E-state index is 0.0377. The molecule has 0 spiro atoms. The van der Waals surface area contributed by atoms with Crippen LogP contribution < -0.4 is 10.1 Å². The van der Waals surface area contributed by atoms with Crippen LogP contribution in [0.3, 0.4) is 0 Å². The quantitative estimate of drug-likeness (QED) is 0.613. The Hall–Kier alpha value is -2.91. The van der Waals surface area contributed by atoms with Crippen molar-refractivity contribution in [3.63, 3.8) is 0 Å². The van der Waals surface area contributed by atoms with E-state index in [1.54, 1.807) is 25.0 Å². The molecule has 0 unspecified atom stereocenters. The van der Waals surface area contributed by atoms with Gasteiger partial charge in [0.2, 0.25) is 11.8 Å². The molecule has 0 saturated carbocycles. The number of methoxy groups -OCH3 is 1. The highest BCUT2D eigenvalue weighted by Crippen LogP contribution is 2.13. The van der Waals surface area contributed by atoms with Crippen molar-refractivity contribution >= 4 is 17.6 Å². The molecular formula is C22H30N4O5. The van der Waals surface area contributed by atoms with E-state index in [0.29, 0.717) is 18.1 Å². The van der Waals surface area contributed by atoms with Crippen LogP contribution in [-0.4, -0.2) is 79.8 Å². The summed E-state index contributed by atoms with van der Waals surface area (Å²) < 4.78 is 15.5. The number of morpholine rings is 1. The molecule has 0 radical (unpaired) electrons. The number of ether oxygens (including phenoxy) is 2. The molecule has 1 aliphatic heterocycles. The Morgan fingerprint density at radius 3 is 2.61 bits per heavy atom. The predicted molar refractivity (Wildman–Crippen MR) is 115 cm³/mol. The first-order chi connectivity index (χ1) is 15.0. The summed E-state index contributed by atoms with van der Waals surface area (Å²) in [5.41, 5.74) is 0.872. The van der Waals surface area contributed by atoms with Crippen LogP contribution in [0, 0.1) is 6.92 Å². The fourth-order valence-electron chi connectivity index (χ4n) is 3.41. The van der Waals surface area contributed by atoms with Crippen molar-refractivity contribution in [3.8, 4) is 5.75 Å². The van der Waals surface area contributed by atoms with E-state index in [-0.39, 0.29) is 24.8 Å². The Morgan fingerprint density at radius 2 is 1.97 bits per heavy atom. The van der Waals surface area contributed by atoms with Crippen molar-refractivity contribution in [1.82, 2.24) is 15.0 Å². The summed E-state index contributed by atoms with van der Waals surface area (Å²) in [5.74, 6) is 1.29. The van der Waals surface area contributed by atoms with Crippen molar-refractivity contribution in [1.29, 1.82) is 0 Å². The fourth-order valence-corrected chi connectivity index (χ4v) is 3.41. The second-order valence-corrected chi connectivity index (χ2v) is 7.52. The van der Waals surface area contributed by atoms with Crippen LogP contribution in [0.5, 0.6) is 5.75 Å². The number of rotatable bonds is 10. The first-order valence-corrected chi connectivity index (χ1v) is 10.5. The minimum Gasteiger partial charge on any atom is -0.497 e. The molecule has 9 heteroatoms. The Labute approximate surface area is 182 Å². The van der Waals surface area contributed by atoms with Gasteiger partial charge < -0.3 is 24.2 Å². The number of nitrogens with one attached hydrogen (secondary N) is 1. The highest BCUT2D eigenvalue weighted by molar-refractivity contribution is 5.94. The van der Waals surface area contributed by atoms with Gasteiger partial charge >= 0.3 is 0 Å². The molecule has 1 aromatic heterocycles. The van der Waals surface area contributed by atoms with Crippen LogP contribution in [0.15, 0.2) is 34.9 Å². The maximum Gasteiger partial charge on any atom is 0.245 e. The van der Waals surface area contributed by atoms with Gasteiger partial charge in [-0.1, -0.05) is 17.3 Å². The SMILES string of the molecule is COc1ccc(CC(=O)N(CCCN2CCOCC2)CC(=O)Nc2cc(C)on2)cc1. The van der Waals surface area contributed by atoms with Gasteiger partial charge in [0.05, 0.1) is 33.3 Å². The van der Waals surface area contributed by atoms with Gasteiger partial charge in [-0.3, -0.25) is 14.5 Å².